The largest absolute Gasteiger partial charge is 0.490 e. The van der Waals surface area contributed by atoms with E-state index in [1.807, 2.05) is 36.4 Å². The van der Waals surface area contributed by atoms with Crippen LogP contribution in [0.2, 0.25) is 0 Å². The molecule has 0 aliphatic carbocycles. The van der Waals surface area contributed by atoms with Crippen molar-refractivity contribution >= 4 is 55.8 Å². The Balaban J connectivity index is 1.42. The highest BCUT2D eigenvalue weighted by Gasteiger charge is 2.12. The van der Waals surface area contributed by atoms with Crippen LogP contribution in [-0.4, -0.2) is 43.9 Å². The second-order valence-corrected chi connectivity index (χ2v) is 8.00. The molecule has 0 atom stereocenters. The zero-order chi connectivity index (χ0) is 23.6. The van der Waals surface area contributed by atoms with Crippen molar-refractivity contribution in [2.24, 2.45) is 0 Å². The molecule has 3 rings (SSSR count). The fourth-order valence-electron chi connectivity index (χ4n) is 2.77. The zero-order valence-electron chi connectivity index (χ0n) is 17.7. The van der Waals surface area contributed by atoms with Gasteiger partial charge in [0, 0.05) is 12.7 Å². The lowest BCUT2D eigenvalue weighted by atomic mass is 10.1. The predicted octanol–water partition coefficient (Wildman–Crippen LogP) is 3.34. The molecule has 172 valence electrons. The summed E-state index contributed by atoms with van der Waals surface area (Å²) in [6.07, 6.45) is 0. The highest BCUT2D eigenvalue weighted by Crippen LogP contribution is 2.26. The third kappa shape index (κ3) is 7.41. The van der Waals surface area contributed by atoms with Crippen LogP contribution >= 0.6 is 28.1 Å². The van der Waals surface area contributed by atoms with Gasteiger partial charge in [-0.15, -0.1) is 0 Å². The molecule has 33 heavy (non-hydrogen) atoms. The maximum atomic E-state index is 12.4. The van der Waals surface area contributed by atoms with E-state index in [2.05, 4.69) is 32.1 Å². The topological polar surface area (TPSA) is 97.9 Å². The first-order chi connectivity index (χ1) is 16.0. The molecule has 3 aromatic rings. The molecule has 0 aromatic heterocycles. The molecule has 0 aliphatic rings. The van der Waals surface area contributed by atoms with Crippen LogP contribution in [0.5, 0.6) is 11.5 Å². The number of ether oxygens (including phenoxy) is 3. The van der Waals surface area contributed by atoms with Crippen LogP contribution in [0.25, 0.3) is 10.8 Å². The molecule has 3 aromatic carbocycles. The van der Waals surface area contributed by atoms with E-state index < -0.39 is 11.8 Å². The average Bonchev–Trinajstić information content (AvgIpc) is 2.82. The van der Waals surface area contributed by atoms with Gasteiger partial charge < -0.3 is 14.2 Å². The standard InChI is InChI=1S/C23H22BrN3O5S/c1-30-10-11-31-20-9-7-17(13-19(20)24)22(29)25-23(33)27-26-21(28)14-32-18-8-6-15-4-2-3-5-16(15)12-18/h2-9,12-13H,10-11,14H2,1H3,(H,26,28)(H2,25,27,29,33). The van der Waals surface area contributed by atoms with Crippen molar-refractivity contribution in [2.45, 2.75) is 0 Å². The van der Waals surface area contributed by atoms with E-state index >= 15 is 0 Å². The maximum absolute atomic E-state index is 12.4. The Morgan fingerprint density at radius 1 is 0.939 bits per heavy atom. The Morgan fingerprint density at radius 3 is 2.48 bits per heavy atom. The van der Waals surface area contributed by atoms with Gasteiger partial charge in [0.05, 0.1) is 11.1 Å². The van der Waals surface area contributed by atoms with Crippen LogP contribution in [0.3, 0.4) is 0 Å². The monoisotopic (exact) mass is 531 g/mol. The molecule has 3 N–H and O–H groups in total. The van der Waals surface area contributed by atoms with Gasteiger partial charge in [0.1, 0.15) is 18.1 Å². The smallest absolute Gasteiger partial charge is 0.276 e. The Labute approximate surface area is 204 Å². The van der Waals surface area contributed by atoms with Crippen molar-refractivity contribution in [1.82, 2.24) is 16.2 Å². The Morgan fingerprint density at radius 2 is 1.73 bits per heavy atom. The van der Waals surface area contributed by atoms with Crippen molar-refractivity contribution in [2.75, 3.05) is 26.9 Å². The summed E-state index contributed by atoms with van der Waals surface area (Å²) in [7, 11) is 1.59. The number of benzene rings is 3. The van der Waals surface area contributed by atoms with E-state index in [0.717, 1.165) is 10.8 Å². The second kappa shape index (κ2) is 12.1. The van der Waals surface area contributed by atoms with Gasteiger partial charge >= 0.3 is 0 Å². The van der Waals surface area contributed by atoms with E-state index in [1.54, 1.807) is 31.4 Å². The number of hydrazine groups is 1. The van der Waals surface area contributed by atoms with Crippen molar-refractivity contribution < 1.29 is 23.8 Å². The number of carbonyl (C=O) groups is 2. The Bertz CT molecular complexity index is 1160. The number of nitrogens with one attached hydrogen (secondary N) is 3. The first kappa shape index (κ1) is 24.4. The van der Waals surface area contributed by atoms with Gasteiger partial charge in [-0.1, -0.05) is 30.3 Å². The highest BCUT2D eigenvalue weighted by molar-refractivity contribution is 9.10. The van der Waals surface area contributed by atoms with Gasteiger partial charge in [-0.25, -0.2) is 0 Å². The average molecular weight is 532 g/mol. The SMILES string of the molecule is COCCOc1ccc(C(=O)NC(=S)NNC(=O)COc2ccc3ccccc3c2)cc1Br. The number of thiocarbonyl (C=S) groups is 1. The molecule has 2 amide bonds. The van der Waals surface area contributed by atoms with E-state index in [0.29, 0.717) is 34.7 Å². The van der Waals surface area contributed by atoms with Crippen molar-refractivity contribution in [3.8, 4) is 11.5 Å². The van der Waals surface area contributed by atoms with E-state index in [4.69, 9.17) is 26.4 Å². The number of carbonyl (C=O) groups excluding carboxylic acids is 2. The Kier molecular flexibility index (Phi) is 8.99. The van der Waals surface area contributed by atoms with Gasteiger partial charge in [0.15, 0.2) is 11.7 Å². The van der Waals surface area contributed by atoms with Gasteiger partial charge in [-0.2, -0.15) is 0 Å². The molecule has 0 unspecified atom stereocenters. The first-order valence-corrected chi connectivity index (χ1v) is 11.1. The van der Waals surface area contributed by atoms with Crippen LogP contribution in [-0.2, 0) is 9.53 Å². The van der Waals surface area contributed by atoms with E-state index in [1.165, 1.54) is 0 Å². The van der Waals surface area contributed by atoms with Crippen LogP contribution in [0.4, 0.5) is 0 Å². The molecular weight excluding hydrogens is 510 g/mol. The minimum atomic E-state index is -0.458. The predicted molar refractivity (Wildman–Crippen MR) is 132 cm³/mol. The van der Waals surface area contributed by atoms with Crippen LogP contribution in [0.15, 0.2) is 65.1 Å². The van der Waals surface area contributed by atoms with Crippen LogP contribution in [0.1, 0.15) is 10.4 Å². The number of methoxy groups -OCH3 is 1. The summed E-state index contributed by atoms with van der Waals surface area (Å²) in [4.78, 5) is 24.4. The quantitative estimate of drug-likeness (QED) is 0.233. The normalized spacial score (nSPS) is 10.4. The first-order valence-electron chi connectivity index (χ1n) is 9.89. The summed E-state index contributed by atoms with van der Waals surface area (Å²) in [6, 6.07) is 18.3. The lowest BCUT2D eigenvalue weighted by molar-refractivity contribution is -0.123. The molecule has 0 radical (unpaired) electrons. The highest BCUT2D eigenvalue weighted by atomic mass is 79.9. The van der Waals surface area contributed by atoms with E-state index in [-0.39, 0.29) is 11.7 Å². The third-order valence-electron chi connectivity index (χ3n) is 4.37. The van der Waals surface area contributed by atoms with Crippen LogP contribution < -0.4 is 25.6 Å². The molecular formula is C23H22BrN3O5S. The number of halogens is 1. The number of rotatable bonds is 8. The molecule has 0 spiro atoms. The maximum Gasteiger partial charge on any atom is 0.276 e. The molecule has 0 bridgehead atoms. The number of hydrogen-bond donors (Lipinski definition) is 3. The molecule has 8 nitrogen and oxygen atoms in total. The number of fused-ring (bicyclic) bond motifs is 1. The second-order valence-electron chi connectivity index (χ2n) is 6.74. The van der Waals surface area contributed by atoms with Gasteiger partial charge in [-0.3, -0.25) is 25.8 Å². The summed E-state index contributed by atoms with van der Waals surface area (Å²) in [5.74, 6) is 0.251. The van der Waals surface area contributed by atoms with Gasteiger partial charge in [0.2, 0.25) is 0 Å². The van der Waals surface area contributed by atoms with Crippen molar-refractivity contribution in [3.63, 3.8) is 0 Å². The molecule has 0 heterocycles. The molecule has 0 saturated carbocycles. The minimum Gasteiger partial charge on any atom is -0.490 e. The zero-order valence-corrected chi connectivity index (χ0v) is 20.1. The lowest BCUT2D eigenvalue weighted by Gasteiger charge is -2.12. The molecule has 0 fully saturated rings. The van der Waals surface area contributed by atoms with E-state index in [9.17, 15) is 9.59 Å². The minimum absolute atomic E-state index is 0.0596. The summed E-state index contributed by atoms with van der Waals surface area (Å²) in [6.45, 7) is 0.617. The lowest BCUT2D eigenvalue weighted by Crippen LogP contribution is -2.49. The number of hydrogen-bond acceptors (Lipinski definition) is 6. The summed E-state index contributed by atoms with van der Waals surface area (Å²) in [5, 5.41) is 4.52. The van der Waals surface area contributed by atoms with Crippen molar-refractivity contribution in [3.05, 3.63) is 70.7 Å². The summed E-state index contributed by atoms with van der Waals surface area (Å²) >= 11 is 8.43. The summed E-state index contributed by atoms with van der Waals surface area (Å²) < 4.78 is 16.6. The van der Waals surface area contributed by atoms with Crippen molar-refractivity contribution in [1.29, 1.82) is 0 Å². The molecule has 10 heteroatoms. The van der Waals surface area contributed by atoms with Crippen LogP contribution in [0, 0.1) is 0 Å². The summed E-state index contributed by atoms with van der Waals surface area (Å²) in [5.41, 5.74) is 5.22. The fourth-order valence-corrected chi connectivity index (χ4v) is 3.41. The Hall–Kier alpha value is -3.21. The fraction of sp³-hybridized carbons (Fsp3) is 0.174. The third-order valence-corrected chi connectivity index (χ3v) is 5.20. The molecule has 0 aliphatic heterocycles. The number of amides is 2. The van der Waals surface area contributed by atoms with Gasteiger partial charge in [0.25, 0.3) is 11.8 Å². The van der Waals surface area contributed by atoms with Gasteiger partial charge in [-0.05, 0) is 69.3 Å². The molecule has 0 saturated heterocycles.